The summed E-state index contributed by atoms with van der Waals surface area (Å²) >= 11 is 5.72. The molecule has 1 rings (SSSR count). The molecule has 0 saturated heterocycles. The molecule has 0 aliphatic carbocycles. The lowest BCUT2D eigenvalue weighted by atomic mass is 10.4. The molecule has 78 valence electrons. The summed E-state index contributed by atoms with van der Waals surface area (Å²) in [7, 11) is 4.03. The third-order valence-corrected chi connectivity index (χ3v) is 1.94. The second kappa shape index (κ2) is 5.02. The quantitative estimate of drug-likeness (QED) is 0.793. The van der Waals surface area contributed by atoms with Crippen LogP contribution in [0.25, 0.3) is 0 Å². The lowest BCUT2D eigenvalue weighted by Gasteiger charge is -2.11. The van der Waals surface area contributed by atoms with E-state index in [9.17, 15) is 0 Å². The summed E-state index contributed by atoms with van der Waals surface area (Å²) in [5, 5.41) is 3.69. The minimum atomic E-state index is 0.556. The predicted molar refractivity (Wildman–Crippen MR) is 60.7 cm³/mol. The Morgan fingerprint density at radius 2 is 2.29 bits per heavy atom. The van der Waals surface area contributed by atoms with E-state index in [1.54, 1.807) is 12.3 Å². The SMILES string of the molecule is CN(C)CCNc1ncc(Cl)cc1N. The number of nitrogen functional groups attached to an aromatic ring is 1. The van der Waals surface area contributed by atoms with Crippen molar-refractivity contribution in [2.24, 2.45) is 0 Å². The highest BCUT2D eigenvalue weighted by molar-refractivity contribution is 6.30. The fourth-order valence-corrected chi connectivity index (χ4v) is 1.17. The Bertz CT molecular complexity index is 301. The van der Waals surface area contributed by atoms with Crippen molar-refractivity contribution in [1.29, 1.82) is 0 Å². The van der Waals surface area contributed by atoms with Crippen LogP contribution in [0.3, 0.4) is 0 Å². The molecule has 0 radical (unpaired) electrons. The van der Waals surface area contributed by atoms with E-state index in [4.69, 9.17) is 17.3 Å². The monoisotopic (exact) mass is 214 g/mol. The van der Waals surface area contributed by atoms with Gasteiger partial charge in [0.2, 0.25) is 0 Å². The van der Waals surface area contributed by atoms with Crippen molar-refractivity contribution >= 4 is 23.1 Å². The van der Waals surface area contributed by atoms with Gasteiger partial charge in [-0.1, -0.05) is 11.6 Å². The number of aromatic nitrogens is 1. The van der Waals surface area contributed by atoms with Crippen LogP contribution in [0.15, 0.2) is 12.3 Å². The van der Waals surface area contributed by atoms with Crippen LogP contribution in [-0.4, -0.2) is 37.1 Å². The maximum atomic E-state index is 5.72. The van der Waals surface area contributed by atoms with Crippen LogP contribution >= 0.6 is 11.6 Å². The molecule has 0 amide bonds. The van der Waals surface area contributed by atoms with E-state index in [1.807, 2.05) is 14.1 Å². The zero-order valence-corrected chi connectivity index (χ0v) is 9.17. The summed E-state index contributed by atoms with van der Waals surface area (Å²) < 4.78 is 0. The number of hydrogen-bond donors (Lipinski definition) is 2. The van der Waals surface area contributed by atoms with E-state index >= 15 is 0 Å². The van der Waals surface area contributed by atoms with Crippen LogP contribution in [0.5, 0.6) is 0 Å². The number of anilines is 2. The van der Waals surface area contributed by atoms with Gasteiger partial charge in [0.05, 0.1) is 10.7 Å². The molecule has 1 aromatic heterocycles. The Morgan fingerprint density at radius 3 is 2.86 bits per heavy atom. The number of nitrogens with two attached hydrogens (primary N) is 1. The molecule has 0 fully saturated rings. The molecule has 14 heavy (non-hydrogen) atoms. The van der Waals surface area contributed by atoms with Crippen molar-refractivity contribution in [3.63, 3.8) is 0 Å². The number of nitrogens with zero attached hydrogens (tertiary/aromatic N) is 2. The highest BCUT2D eigenvalue weighted by Gasteiger charge is 2.00. The molecular formula is C9H15ClN4. The third kappa shape index (κ3) is 3.40. The van der Waals surface area contributed by atoms with Gasteiger partial charge in [-0.05, 0) is 20.2 Å². The first-order valence-corrected chi connectivity index (χ1v) is 4.77. The van der Waals surface area contributed by atoms with Crippen molar-refractivity contribution < 1.29 is 0 Å². The molecule has 1 heterocycles. The Labute approximate surface area is 89.1 Å². The molecule has 0 unspecified atom stereocenters. The lowest BCUT2D eigenvalue weighted by molar-refractivity contribution is 0.425. The van der Waals surface area contributed by atoms with Crippen molar-refractivity contribution in [2.45, 2.75) is 0 Å². The first kappa shape index (κ1) is 11.1. The van der Waals surface area contributed by atoms with E-state index in [0.717, 1.165) is 13.1 Å². The second-order valence-electron chi connectivity index (χ2n) is 3.32. The van der Waals surface area contributed by atoms with Gasteiger partial charge in [-0.2, -0.15) is 0 Å². The number of likely N-dealkylation sites (N-methyl/N-ethyl adjacent to an activating group) is 1. The van der Waals surface area contributed by atoms with E-state index in [1.165, 1.54) is 0 Å². The number of hydrogen-bond acceptors (Lipinski definition) is 4. The zero-order valence-electron chi connectivity index (χ0n) is 8.42. The largest absolute Gasteiger partial charge is 0.396 e. The van der Waals surface area contributed by atoms with Gasteiger partial charge < -0.3 is 16.0 Å². The predicted octanol–water partition coefficient (Wildman–Crippen LogP) is 1.29. The first-order chi connectivity index (χ1) is 6.59. The van der Waals surface area contributed by atoms with Crippen molar-refractivity contribution in [1.82, 2.24) is 9.88 Å². The molecule has 1 aromatic rings. The fourth-order valence-electron chi connectivity index (χ4n) is 1.00. The van der Waals surface area contributed by atoms with Crippen LogP contribution < -0.4 is 11.1 Å². The summed E-state index contributed by atoms with van der Waals surface area (Å²) in [6, 6.07) is 1.69. The second-order valence-corrected chi connectivity index (χ2v) is 3.76. The van der Waals surface area contributed by atoms with E-state index in [-0.39, 0.29) is 0 Å². The topological polar surface area (TPSA) is 54.2 Å². The Kier molecular flexibility index (Phi) is 3.98. The highest BCUT2D eigenvalue weighted by Crippen LogP contribution is 2.18. The van der Waals surface area contributed by atoms with E-state index in [2.05, 4.69) is 15.2 Å². The average Bonchev–Trinajstić information content (AvgIpc) is 2.08. The number of pyridine rings is 1. The first-order valence-electron chi connectivity index (χ1n) is 4.39. The Morgan fingerprint density at radius 1 is 1.57 bits per heavy atom. The smallest absolute Gasteiger partial charge is 0.149 e. The molecule has 5 heteroatoms. The molecule has 0 aliphatic heterocycles. The summed E-state index contributed by atoms with van der Waals surface area (Å²) in [6.07, 6.45) is 1.58. The van der Waals surface area contributed by atoms with Crippen molar-refractivity contribution in [2.75, 3.05) is 38.2 Å². The van der Waals surface area contributed by atoms with Gasteiger partial charge in [0.25, 0.3) is 0 Å². The molecule has 0 atom stereocenters. The normalized spacial score (nSPS) is 10.6. The summed E-state index contributed by atoms with van der Waals surface area (Å²) in [6.45, 7) is 1.75. The van der Waals surface area contributed by atoms with Crippen LogP contribution in [0, 0.1) is 0 Å². The number of halogens is 1. The average molecular weight is 215 g/mol. The van der Waals surface area contributed by atoms with Gasteiger partial charge in [0.15, 0.2) is 0 Å². The van der Waals surface area contributed by atoms with Gasteiger partial charge in [-0.3, -0.25) is 0 Å². The van der Waals surface area contributed by atoms with Crippen LogP contribution in [-0.2, 0) is 0 Å². The van der Waals surface area contributed by atoms with Crippen LogP contribution in [0.1, 0.15) is 0 Å². The molecule has 4 nitrogen and oxygen atoms in total. The Balaban J connectivity index is 2.51. The molecular weight excluding hydrogens is 200 g/mol. The molecule has 0 aromatic carbocycles. The van der Waals surface area contributed by atoms with Crippen molar-refractivity contribution in [3.8, 4) is 0 Å². The summed E-state index contributed by atoms with van der Waals surface area (Å²) in [5.41, 5.74) is 6.30. The zero-order chi connectivity index (χ0) is 10.6. The van der Waals surface area contributed by atoms with Gasteiger partial charge in [-0.25, -0.2) is 4.98 Å². The number of rotatable bonds is 4. The number of nitrogens with one attached hydrogen (secondary N) is 1. The van der Waals surface area contributed by atoms with Gasteiger partial charge in [-0.15, -0.1) is 0 Å². The summed E-state index contributed by atoms with van der Waals surface area (Å²) in [4.78, 5) is 6.17. The molecule has 0 aliphatic rings. The molecule has 0 bridgehead atoms. The van der Waals surface area contributed by atoms with E-state index in [0.29, 0.717) is 16.5 Å². The lowest BCUT2D eigenvalue weighted by Crippen LogP contribution is -2.21. The van der Waals surface area contributed by atoms with Gasteiger partial charge in [0.1, 0.15) is 5.82 Å². The molecule has 0 saturated carbocycles. The van der Waals surface area contributed by atoms with Crippen LogP contribution in [0.2, 0.25) is 5.02 Å². The Hall–Kier alpha value is -1.00. The van der Waals surface area contributed by atoms with Crippen LogP contribution in [0.4, 0.5) is 11.5 Å². The van der Waals surface area contributed by atoms with Gasteiger partial charge >= 0.3 is 0 Å². The summed E-state index contributed by atoms with van der Waals surface area (Å²) in [5.74, 6) is 0.691. The standard InChI is InChI=1S/C9H15ClN4/c1-14(2)4-3-12-9-8(11)5-7(10)6-13-9/h5-6H,3-4,11H2,1-2H3,(H,12,13). The minimum absolute atomic E-state index is 0.556. The highest BCUT2D eigenvalue weighted by atomic mass is 35.5. The maximum absolute atomic E-state index is 5.72. The van der Waals surface area contributed by atoms with Gasteiger partial charge in [0, 0.05) is 19.3 Å². The van der Waals surface area contributed by atoms with Crippen molar-refractivity contribution in [3.05, 3.63) is 17.3 Å². The van der Waals surface area contributed by atoms with E-state index < -0.39 is 0 Å². The maximum Gasteiger partial charge on any atom is 0.149 e. The fraction of sp³-hybridized carbons (Fsp3) is 0.444. The third-order valence-electron chi connectivity index (χ3n) is 1.74. The minimum Gasteiger partial charge on any atom is -0.396 e. The molecule has 3 N–H and O–H groups in total. The molecule has 0 spiro atoms.